The molecule has 2 aliphatic heterocycles. The molecule has 0 unspecified atom stereocenters. The van der Waals surface area contributed by atoms with Gasteiger partial charge in [0.15, 0.2) is 0 Å². The van der Waals surface area contributed by atoms with Crippen molar-refractivity contribution in [1.29, 1.82) is 0 Å². The van der Waals surface area contributed by atoms with Crippen molar-refractivity contribution in [2.75, 3.05) is 13.1 Å². The molecule has 2 atom stereocenters. The normalized spacial score (nSPS) is 37.5. The number of nitrogens with one attached hydrogen (secondary N) is 1. The molecule has 62 valence electrons. The second kappa shape index (κ2) is 2.48. The molecule has 0 saturated carbocycles. The van der Waals surface area contributed by atoms with Gasteiger partial charge in [0.25, 0.3) is 0 Å². The number of rotatable bonds is 0. The molecule has 0 radical (unpaired) electrons. The zero-order chi connectivity index (χ0) is 7.84. The summed E-state index contributed by atoms with van der Waals surface area (Å²) in [6, 6.07) is 0.544. The Morgan fingerprint density at radius 3 is 3.27 bits per heavy atom. The quantitative estimate of drug-likeness (QED) is 0.531. The molecule has 0 spiro atoms. The third-order valence-corrected chi connectivity index (χ3v) is 2.69. The van der Waals surface area contributed by atoms with Gasteiger partial charge < -0.3 is 10.2 Å². The maximum absolute atomic E-state index is 11.5. The Balaban J connectivity index is 2.12. The minimum atomic E-state index is 0.0457. The van der Waals surface area contributed by atoms with Gasteiger partial charge in [-0.25, -0.2) is 0 Å². The first kappa shape index (κ1) is 7.10. The first-order valence-corrected chi connectivity index (χ1v) is 4.33. The van der Waals surface area contributed by atoms with Crippen molar-refractivity contribution in [3.05, 3.63) is 0 Å². The van der Waals surface area contributed by atoms with Gasteiger partial charge in [-0.05, 0) is 19.8 Å². The van der Waals surface area contributed by atoms with Crippen LogP contribution in [0.1, 0.15) is 19.8 Å². The van der Waals surface area contributed by atoms with Crippen LogP contribution in [-0.4, -0.2) is 36.0 Å². The van der Waals surface area contributed by atoms with Gasteiger partial charge in [0, 0.05) is 19.1 Å². The summed E-state index contributed by atoms with van der Waals surface area (Å²) < 4.78 is 0. The van der Waals surface area contributed by atoms with Crippen LogP contribution in [0.25, 0.3) is 0 Å². The van der Waals surface area contributed by atoms with E-state index < -0.39 is 0 Å². The molecule has 3 nitrogen and oxygen atoms in total. The highest BCUT2D eigenvalue weighted by Gasteiger charge is 2.35. The molecule has 0 aromatic rings. The van der Waals surface area contributed by atoms with Crippen LogP contribution in [-0.2, 0) is 4.79 Å². The predicted octanol–water partition coefficient (Wildman–Crippen LogP) is -0.0309. The Morgan fingerprint density at radius 2 is 2.45 bits per heavy atom. The minimum Gasteiger partial charge on any atom is -0.337 e. The molecule has 0 aromatic carbocycles. The number of piperazine rings is 1. The zero-order valence-electron chi connectivity index (χ0n) is 6.84. The van der Waals surface area contributed by atoms with E-state index in [1.807, 2.05) is 11.8 Å². The largest absolute Gasteiger partial charge is 0.337 e. The zero-order valence-corrected chi connectivity index (χ0v) is 6.84. The van der Waals surface area contributed by atoms with E-state index in [1.54, 1.807) is 0 Å². The third-order valence-electron chi connectivity index (χ3n) is 2.69. The number of carbonyl (C=O) groups is 1. The molecule has 2 saturated heterocycles. The summed E-state index contributed by atoms with van der Waals surface area (Å²) in [5, 5.41) is 3.21. The molecule has 3 heteroatoms. The Morgan fingerprint density at radius 1 is 1.64 bits per heavy atom. The average Bonchev–Trinajstić information content (AvgIpc) is 2.45. The molecule has 0 bridgehead atoms. The van der Waals surface area contributed by atoms with E-state index in [4.69, 9.17) is 0 Å². The van der Waals surface area contributed by atoms with Gasteiger partial charge in [-0.2, -0.15) is 0 Å². The Bertz CT molecular complexity index is 181. The van der Waals surface area contributed by atoms with Crippen LogP contribution in [0.5, 0.6) is 0 Å². The molecule has 0 aromatic heterocycles. The lowest BCUT2D eigenvalue weighted by Gasteiger charge is -2.33. The van der Waals surface area contributed by atoms with Crippen molar-refractivity contribution in [3.63, 3.8) is 0 Å². The first-order chi connectivity index (χ1) is 5.29. The van der Waals surface area contributed by atoms with Crippen LogP contribution in [0.3, 0.4) is 0 Å². The van der Waals surface area contributed by atoms with Gasteiger partial charge in [-0.3, -0.25) is 4.79 Å². The Labute approximate surface area is 66.8 Å². The molecule has 2 fully saturated rings. The summed E-state index contributed by atoms with van der Waals surface area (Å²) in [5.74, 6) is 0.291. The summed E-state index contributed by atoms with van der Waals surface area (Å²) in [4.78, 5) is 13.5. The standard InChI is InChI=1S/C8H14N2O/c1-6-8(11)10-4-2-3-7(10)5-9-6/h6-7,9H,2-5H2,1H3/t6-,7-/m1/s1. The van der Waals surface area contributed by atoms with Crippen molar-refractivity contribution in [2.45, 2.75) is 31.8 Å². The second-order valence-corrected chi connectivity index (χ2v) is 3.46. The summed E-state index contributed by atoms with van der Waals surface area (Å²) in [7, 11) is 0. The van der Waals surface area contributed by atoms with E-state index in [0.29, 0.717) is 11.9 Å². The van der Waals surface area contributed by atoms with E-state index in [9.17, 15) is 4.79 Å². The van der Waals surface area contributed by atoms with Crippen LogP contribution in [0.15, 0.2) is 0 Å². The van der Waals surface area contributed by atoms with Gasteiger partial charge in [0.2, 0.25) is 5.91 Å². The van der Waals surface area contributed by atoms with E-state index in [2.05, 4.69) is 5.32 Å². The molecule has 1 amide bonds. The first-order valence-electron chi connectivity index (χ1n) is 4.33. The van der Waals surface area contributed by atoms with Gasteiger partial charge in [0.1, 0.15) is 0 Å². The maximum Gasteiger partial charge on any atom is 0.239 e. The van der Waals surface area contributed by atoms with E-state index in [-0.39, 0.29) is 6.04 Å². The van der Waals surface area contributed by atoms with E-state index in [0.717, 1.165) is 13.1 Å². The SMILES string of the molecule is C[C@H]1NC[C@H]2CCCN2C1=O. The maximum atomic E-state index is 11.5. The summed E-state index contributed by atoms with van der Waals surface area (Å²) >= 11 is 0. The van der Waals surface area contributed by atoms with Gasteiger partial charge in [0.05, 0.1) is 6.04 Å². The van der Waals surface area contributed by atoms with Crippen LogP contribution in [0.4, 0.5) is 0 Å². The van der Waals surface area contributed by atoms with Crippen LogP contribution in [0, 0.1) is 0 Å². The van der Waals surface area contributed by atoms with Crippen molar-refractivity contribution < 1.29 is 4.79 Å². The smallest absolute Gasteiger partial charge is 0.239 e. The lowest BCUT2D eigenvalue weighted by atomic mass is 10.1. The molecular formula is C8H14N2O. The lowest BCUT2D eigenvalue weighted by Crippen LogP contribution is -2.56. The summed E-state index contributed by atoms with van der Waals surface area (Å²) in [6.45, 7) is 3.92. The van der Waals surface area contributed by atoms with Crippen molar-refractivity contribution in [2.24, 2.45) is 0 Å². The molecular weight excluding hydrogens is 140 g/mol. The monoisotopic (exact) mass is 154 g/mol. The summed E-state index contributed by atoms with van der Waals surface area (Å²) in [6.07, 6.45) is 2.37. The van der Waals surface area contributed by atoms with E-state index in [1.165, 1.54) is 12.8 Å². The van der Waals surface area contributed by atoms with Crippen molar-refractivity contribution in [3.8, 4) is 0 Å². The Hall–Kier alpha value is -0.570. The number of hydrogen-bond acceptors (Lipinski definition) is 2. The van der Waals surface area contributed by atoms with Crippen molar-refractivity contribution >= 4 is 5.91 Å². The predicted molar refractivity (Wildman–Crippen MR) is 42.2 cm³/mol. The fourth-order valence-corrected chi connectivity index (χ4v) is 1.99. The molecule has 0 aliphatic carbocycles. The highest BCUT2D eigenvalue weighted by molar-refractivity contribution is 5.82. The average molecular weight is 154 g/mol. The van der Waals surface area contributed by atoms with Crippen LogP contribution >= 0.6 is 0 Å². The van der Waals surface area contributed by atoms with Gasteiger partial charge in [-0.1, -0.05) is 0 Å². The third kappa shape index (κ3) is 1.03. The fourth-order valence-electron chi connectivity index (χ4n) is 1.99. The lowest BCUT2D eigenvalue weighted by molar-refractivity contribution is -0.136. The molecule has 11 heavy (non-hydrogen) atoms. The number of hydrogen-bond donors (Lipinski definition) is 1. The number of fused-ring (bicyclic) bond motifs is 1. The van der Waals surface area contributed by atoms with Crippen molar-refractivity contribution in [1.82, 2.24) is 10.2 Å². The summed E-state index contributed by atoms with van der Waals surface area (Å²) in [5.41, 5.74) is 0. The van der Waals surface area contributed by atoms with E-state index >= 15 is 0 Å². The molecule has 2 rings (SSSR count). The minimum absolute atomic E-state index is 0.0457. The second-order valence-electron chi connectivity index (χ2n) is 3.46. The highest BCUT2D eigenvalue weighted by Crippen LogP contribution is 2.20. The van der Waals surface area contributed by atoms with Crippen LogP contribution < -0.4 is 5.32 Å². The topological polar surface area (TPSA) is 32.3 Å². The number of nitrogens with zero attached hydrogens (tertiary/aromatic N) is 1. The number of amides is 1. The van der Waals surface area contributed by atoms with Gasteiger partial charge >= 0.3 is 0 Å². The Kier molecular flexibility index (Phi) is 1.60. The van der Waals surface area contributed by atoms with Gasteiger partial charge in [-0.15, -0.1) is 0 Å². The molecule has 1 N–H and O–H groups in total. The van der Waals surface area contributed by atoms with Crippen LogP contribution in [0.2, 0.25) is 0 Å². The highest BCUT2D eigenvalue weighted by atomic mass is 16.2. The number of carbonyl (C=O) groups excluding carboxylic acids is 1. The fraction of sp³-hybridized carbons (Fsp3) is 0.875. The molecule has 2 aliphatic rings. The molecule has 2 heterocycles.